The fourth-order valence-electron chi connectivity index (χ4n) is 5.08. The maximum atomic E-state index is 13.3. The van der Waals surface area contributed by atoms with E-state index >= 15 is 0 Å². The van der Waals surface area contributed by atoms with E-state index in [2.05, 4.69) is 29.6 Å². The normalized spacial score (nSPS) is 30.6. The molecule has 3 N–H and O–H groups in total. The summed E-state index contributed by atoms with van der Waals surface area (Å²) in [6.45, 7) is 1.27. The Morgan fingerprint density at radius 1 is 1.24 bits per heavy atom. The molecule has 3 amide bonds. The predicted octanol–water partition coefficient (Wildman–Crippen LogP) is 2.33. The van der Waals surface area contributed by atoms with Crippen LogP contribution < -0.4 is 11.1 Å². The molecule has 0 radical (unpaired) electrons. The molecular weight excluding hydrogens is 314 g/mol. The summed E-state index contributed by atoms with van der Waals surface area (Å²) in [4.78, 5) is 26.4. The summed E-state index contributed by atoms with van der Waals surface area (Å²) in [6.07, 6.45) is 7.51. The molecule has 4 rings (SSSR count). The highest BCUT2D eigenvalue weighted by Crippen LogP contribution is 2.61. The van der Waals surface area contributed by atoms with Crippen molar-refractivity contribution in [1.82, 2.24) is 10.2 Å². The van der Waals surface area contributed by atoms with Crippen molar-refractivity contribution in [1.29, 1.82) is 0 Å². The Morgan fingerprint density at radius 2 is 2.08 bits per heavy atom. The van der Waals surface area contributed by atoms with Crippen LogP contribution in [0.15, 0.2) is 24.3 Å². The molecule has 1 saturated heterocycles. The molecule has 0 aromatic heterocycles. The first kappa shape index (κ1) is 16.4. The molecule has 0 unspecified atom stereocenters. The zero-order valence-electron chi connectivity index (χ0n) is 14.7. The lowest BCUT2D eigenvalue weighted by molar-refractivity contribution is -0.136. The van der Waals surface area contributed by atoms with E-state index in [4.69, 9.17) is 5.73 Å². The van der Waals surface area contributed by atoms with Crippen molar-refractivity contribution in [3.8, 4) is 0 Å². The lowest BCUT2D eigenvalue weighted by atomic mass is 9.78. The van der Waals surface area contributed by atoms with Gasteiger partial charge in [0.1, 0.15) is 0 Å². The summed E-state index contributed by atoms with van der Waals surface area (Å²) in [7, 11) is 0. The SMILES string of the molecule is NC(=O)NC[C@@H]1CCCCN1C(=O)[C@H]1C[C@@]12CCCc1ccccc12. The second-order valence-electron chi connectivity index (χ2n) is 7.85. The number of urea groups is 1. The molecule has 1 aliphatic heterocycles. The van der Waals surface area contributed by atoms with Gasteiger partial charge < -0.3 is 16.0 Å². The van der Waals surface area contributed by atoms with Crippen molar-refractivity contribution in [2.75, 3.05) is 13.1 Å². The van der Waals surface area contributed by atoms with Gasteiger partial charge in [-0.2, -0.15) is 0 Å². The molecule has 1 saturated carbocycles. The van der Waals surface area contributed by atoms with Crippen molar-refractivity contribution >= 4 is 11.9 Å². The molecule has 25 heavy (non-hydrogen) atoms. The van der Waals surface area contributed by atoms with Gasteiger partial charge in [0.2, 0.25) is 5.91 Å². The molecule has 0 bridgehead atoms. The van der Waals surface area contributed by atoms with Crippen LogP contribution in [0.2, 0.25) is 0 Å². The first-order chi connectivity index (χ1) is 12.1. The number of rotatable bonds is 3. The highest BCUT2D eigenvalue weighted by atomic mass is 16.2. The molecule has 1 heterocycles. The Bertz CT molecular complexity index is 689. The molecule has 1 aromatic carbocycles. The van der Waals surface area contributed by atoms with Crippen LogP contribution in [0.4, 0.5) is 4.79 Å². The van der Waals surface area contributed by atoms with E-state index in [0.29, 0.717) is 6.54 Å². The third-order valence-corrected chi connectivity index (χ3v) is 6.42. The highest BCUT2D eigenvalue weighted by Gasteiger charge is 2.61. The van der Waals surface area contributed by atoms with Crippen LogP contribution >= 0.6 is 0 Å². The van der Waals surface area contributed by atoms with Gasteiger partial charge in [0.05, 0.1) is 0 Å². The maximum Gasteiger partial charge on any atom is 0.312 e. The summed E-state index contributed by atoms with van der Waals surface area (Å²) in [5.41, 5.74) is 8.12. The minimum Gasteiger partial charge on any atom is -0.352 e. The number of carbonyl (C=O) groups is 2. The average molecular weight is 341 g/mol. The van der Waals surface area contributed by atoms with Crippen LogP contribution in [-0.2, 0) is 16.6 Å². The van der Waals surface area contributed by atoms with Crippen LogP contribution in [0, 0.1) is 5.92 Å². The summed E-state index contributed by atoms with van der Waals surface area (Å²) in [5.74, 6) is 0.399. The summed E-state index contributed by atoms with van der Waals surface area (Å²) < 4.78 is 0. The van der Waals surface area contributed by atoms with E-state index < -0.39 is 6.03 Å². The van der Waals surface area contributed by atoms with Gasteiger partial charge >= 0.3 is 6.03 Å². The molecule has 3 atom stereocenters. The number of nitrogens with two attached hydrogens (primary N) is 1. The Labute approximate surface area is 148 Å². The minimum atomic E-state index is -0.512. The monoisotopic (exact) mass is 341 g/mol. The zero-order valence-corrected chi connectivity index (χ0v) is 14.7. The van der Waals surface area contributed by atoms with Gasteiger partial charge in [-0.25, -0.2) is 4.79 Å². The molecule has 3 aliphatic rings. The van der Waals surface area contributed by atoms with E-state index in [1.807, 2.05) is 4.90 Å². The van der Waals surface area contributed by atoms with Gasteiger partial charge in [0.25, 0.3) is 0 Å². The molecule has 134 valence electrons. The van der Waals surface area contributed by atoms with Crippen LogP contribution in [0.3, 0.4) is 0 Å². The minimum absolute atomic E-state index is 0.0744. The number of piperidine rings is 1. The van der Waals surface area contributed by atoms with E-state index in [1.165, 1.54) is 17.5 Å². The highest BCUT2D eigenvalue weighted by molar-refractivity contribution is 5.85. The summed E-state index contributed by atoms with van der Waals surface area (Å²) >= 11 is 0. The van der Waals surface area contributed by atoms with Gasteiger partial charge in [-0.1, -0.05) is 24.3 Å². The van der Waals surface area contributed by atoms with E-state index in [-0.39, 0.29) is 23.3 Å². The molecule has 1 spiro atoms. The zero-order chi connectivity index (χ0) is 17.4. The standard InChI is InChI=1S/C20H27N3O2/c21-19(25)22-13-15-8-3-4-11-23(15)18(24)17-12-20(17)10-5-7-14-6-1-2-9-16(14)20/h1-2,6,9,15,17H,3-5,7-8,10-13H2,(H3,21,22,25)/t15-,17+,20+/m0/s1. The molecule has 1 aromatic rings. The van der Waals surface area contributed by atoms with Gasteiger partial charge in [-0.3, -0.25) is 4.79 Å². The van der Waals surface area contributed by atoms with Crippen molar-refractivity contribution in [2.45, 2.75) is 56.4 Å². The van der Waals surface area contributed by atoms with Crippen molar-refractivity contribution < 1.29 is 9.59 Å². The summed E-state index contributed by atoms with van der Waals surface area (Å²) in [6, 6.07) is 8.23. The van der Waals surface area contributed by atoms with Crippen LogP contribution in [0.5, 0.6) is 0 Å². The second-order valence-corrected chi connectivity index (χ2v) is 7.85. The molecular formula is C20H27N3O2. The predicted molar refractivity (Wildman–Crippen MR) is 96.1 cm³/mol. The van der Waals surface area contributed by atoms with Gasteiger partial charge in [-0.15, -0.1) is 0 Å². The first-order valence-electron chi connectivity index (χ1n) is 9.54. The Balaban J connectivity index is 1.51. The largest absolute Gasteiger partial charge is 0.352 e. The van der Waals surface area contributed by atoms with E-state index in [0.717, 1.165) is 45.1 Å². The topological polar surface area (TPSA) is 75.4 Å². The number of fused-ring (bicyclic) bond motifs is 2. The molecule has 5 heteroatoms. The molecule has 2 fully saturated rings. The maximum absolute atomic E-state index is 13.3. The van der Waals surface area contributed by atoms with Crippen LogP contribution in [0.1, 0.15) is 49.7 Å². The number of amides is 3. The van der Waals surface area contributed by atoms with E-state index in [9.17, 15) is 9.59 Å². The third kappa shape index (κ3) is 2.90. The smallest absolute Gasteiger partial charge is 0.312 e. The Morgan fingerprint density at radius 3 is 2.92 bits per heavy atom. The van der Waals surface area contributed by atoms with Crippen molar-refractivity contribution in [2.24, 2.45) is 11.7 Å². The fraction of sp³-hybridized carbons (Fsp3) is 0.600. The third-order valence-electron chi connectivity index (χ3n) is 6.42. The number of aryl methyl sites for hydroxylation is 1. The van der Waals surface area contributed by atoms with Crippen molar-refractivity contribution in [3.63, 3.8) is 0 Å². The van der Waals surface area contributed by atoms with Gasteiger partial charge in [-0.05, 0) is 56.1 Å². The number of carbonyl (C=O) groups excluding carboxylic acids is 2. The number of benzene rings is 1. The number of primary amides is 1. The molecule has 5 nitrogen and oxygen atoms in total. The Kier molecular flexibility index (Phi) is 4.18. The lowest BCUT2D eigenvalue weighted by Gasteiger charge is -2.37. The molecule has 2 aliphatic carbocycles. The number of nitrogens with one attached hydrogen (secondary N) is 1. The summed E-state index contributed by atoms with van der Waals surface area (Å²) in [5, 5.41) is 2.69. The number of nitrogens with zero attached hydrogens (tertiary/aromatic N) is 1. The van der Waals surface area contributed by atoms with Crippen LogP contribution in [0.25, 0.3) is 0 Å². The average Bonchev–Trinajstić information content (AvgIpc) is 3.34. The Hall–Kier alpha value is -2.04. The van der Waals surface area contributed by atoms with Crippen molar-refractivity contribution in [3.05, 3.63) is 35.4 Å². The second kappa shape index (κ2) is 6.36. The van der Waals surface area contributed by atoms with E-state index in [1.54, 1.807) is 0 Å². The quantitative estimate of drug-likeness (QED) is 0.885. The number of hydrogen-bond donors (Lipinski definition) is 2. The fourth-order valence-corrected chi connectivity index (χ4v) is 5.08. The van der Waals surface area contributed by atoms with Gasteiger partial charge in [0, 0.05) is 30.5 Å². The number of hydrogen-bond acceptors (Lipinski definition) is 2. The number of likely N-dealkylation sites (tertiary alicyclic amines) is 1. The van der Waals surface area contributed by atoms with Crippen LogP contribution in [-0.4, -0.2) is 36.0 Å². The first-order valence-corrected chi connectivity index (χ1v) is 9.54. The lowest BCUT2D eigenvalue weighted by Crippen LogP contribution is -2.51. The van der Waals surface area contributed by atoms with Gasteiger partial charge in [0.15, 0.2) is 0 Å².